The van der Waals surface area contributed by atoms with Crippen molar-refractivity contribution in [1.29, 1.82) is 0 Å². The lowest BCUT2D eigenvalue weighted by Gasteiger charge is -2.33. The van der Waals surface area contributed by atoms with E-state index in [2.05, 4.69) is 5.32 Å². The molecule has 1 unspecified atom stereocenters. The van der Waals surface area contributed by atoms with E-state index >= 15 is 0 Å². The van der Waals surface area contributed by atoms with E-state index in [-0.39, 0.29) is 24.3 Å². The smallest absolute Gasteiger partial charge is 0.322 e. The predicted octanol–water partition coefficient (Wildman–Crippen LogP) is 0.592. The number of carboxylic acids is 1. The van der Waals surface area contributed by atoms with Gasteiger partial charge in [-0.05, 0) is 12.1 Å². The molecule has 1 aromatic rings. The highest BCUT2D eigenvalue weighted by molar-refractivity contribution is 5.74. The first-order chi connectivity index (χ1) is 9.49. The number of carbonyl (C=O) groups is 1. The van der Waals surface area contributed by atoms with E-state index in [0.717, 1.165) is 18.2 Å². The molecule has 1 fully saturated rings. The second kappa shape index (κ2) is 5.93. The molecule has 0 radical (unpaired) electrons. The number of benzene rings is 1. The van der Waals surface area contributed by atoms with Crippen molar-refractivity contribution in [2.45, 2.75) is 12.6 Å². The Balaban J connectivity index is 2.25. The van der Waals surface area contributed by atoms with E-state index in [4.69, 9.17) is 5.11 Å². The van der Waals surface area contributed by atoms with Crippen LogP contribution in [0.3, 0.4) is 0 Å². The van der Waals surface area contributed by atoms with Crippen molar-refractivity contribution in [3.63, 3.8) is 0 Å². The highest BCUT2D eigenvalue weighted by Crippen LogP contribution is 2.22. The first-order valence-corrected chi connectivity index (χ1v) is 6.09. The Morgan fingerprint density at radius 3 is 3.00 bits per heavy atom. The second-order valence-electron chi connectivity index (χ2n) is 4.56. The zero-order chi connectivity index (χ0) is 14.7. The fourth-order valence-electron chi connectivity index (χ4n) is 2.26. The molecule has 2 rings (SSSR count). The fourth-order valence-corrected chi connectivity index (χ4v) is 2.26. The first kappa shape index (κ1) is 14.4. The van der Waals surface area contributed by atoms with Gasteiger partial charge in [-0.1, -0.05) is 0 Å². The minimum absolute atomic E-state index is 0.0344. The molecular weight excluding hydrogens is 269 g/mol. The summed E-state index contributed by atoms with van der Waals surface area (Å²) in [4.78, 5) is 23.1. The maximum absolute atomic E-state index is 13.3. The quantitative estimate of drug-likeness (QED) is 0.620. The van der Waals surface area contributed by atoms with Gasteiger partial charge in [0.15, 0.2) is 0 Å². The van der Waals surface area contributed by atoms with Crippen molar-refractivity contribution in [1.82, 2.24) is 10.2 Å². The number of nitrogens with one attached hydrogen (secondary N) is 1. The van der Waals surface area contributed by atoms with Gasteiger partial charge in [-0.15, -0.1) is 0 Å². The van der Waals surface area contributed by atoms with Gasteiger partial charge >= 0.3 is 5.97 Å². The van der Waals surface area contributed by atoms with E-state index in [1.165, 1.54) is 0 Å². The van der Waals surface area contributed by atoms with Gasteiger partial charge in [0.25, 0.3) is 5.69 Å². The number of hydrogen-bond acceptors (Lipinski definition) is 5. The summed E-state index contributed by atoms with van der Waals surface area (Å²) in [5, 5.41) is 23.0. The average Bonchev–Trinajstić information content (AvgIpc) is 2.38. The number of halogens is 1. The summed E-state index contributed by atoms with van der Waals surface area (Å²) in [6.07, 6.45) is 0. The SMILES string of the molecule is O=C(O)C1CNCCN1Cc1cc(F)ccc1[N+](=O)[O-]. The fraction of sp³-hybridized carbons (Fsp3) is 0.417. The van der Waals surface area contributed by atoms with E-state index in [9.17, 15) is 19.3 Å². The summed E-state index contributed by atoms with van der Waals surface area (Å²) in [5.41, 5.74) is -0.0165. The van der Waals surface area contributed by atoms with E-state index in [1.807, 2.05) is 0 Å². The van der Waals surface area contributed by atoms with Crippen molar-refractivity contribution >= 4 is 11.7 Å². The van der Waals surface area contributed by atoms with Gasteiger partial charge in [0.1, 0.15) is 11.9 Å². The molecule has 0 aliphatic carbocycles. The number of hydrogen-bond donors (Lipinski definition) is 2. The van der Waals surface area contributed by atoms with Gasteiger partial charge < -0.3 is 10.4 Å². The van der Waals surface area contributed by atoms with Gasteiger partial charge in [-0.25, -0.2) is 4.39 Å². The van der Waals surface area contributed by atoms with Gasteiger partial charge in [-0.2, -0.15) is 0 Å². The first-order valence-electron chi connectivity index (χ1n) is 6.09. The Labute approximate surface area is 114 Å². The third kappa shape index (κ3) is 3.09. The van der Waals surface area contributed by atoms with Crippen LogP contribution in [-0.2, 0) is 11.3 Å². The minimum atomic E-state index is -1.00. The topological polar surface area (TPSA) is 95.7 Å². The molecule has 0 aromatic heterocycles. The van der Waals surface area contributed by atoms with Gasteiger partial charge in [0.05, 0.1) is 4.92 Å². The average molecular weight is 283 g/mol. The third-order valence-corrected chi connectivity index (χ3v) is 3.25. The molecule has 1 heterocycles. The van der Waals surface area contributed by atoms with Crippen LogP contribution < -0.4 is 5.32 Å². The van der Waals surface area contributed by atoms with Gasteiger partial charge in [0, 0.05) is 37.8 Å². The lowest BCUT2D eigenvalue weighted by atomic mass is 10.1. The zero-order valence-electron chi connectivity index (χ0n) is 10.6. The monoisotopic (exact) mass is 283 g/mol. The maximum atomic E-state index is 13.3. The third-order valence-electron chi connectivity index (χ3n) is 3.25. The van der Waals surface area contributed by atoms with Crippen LogP contribution in [0.5, 0.6) is 0 Å². The summed E-state index contributed by atoms with van der Waals surface area (Å²) in [7, 11) is 0. The van der Waals surface area contributed by atoms with Crippen LogP contribution in [0.4, 0.5) is 10.1 Å². The van der Waals surface area contributed by atoms with Gasteiger partial charge in [0.2, 0.25) is 0 Å². The Bertz CT molecular complexity index is 537. The van der Waals surface area contributed by atoms with Gasteiger partial charge in [-0.3, -0.25) is 19.8 Å². The molecule has 7 nitrogen and oxygen atoms in total. The molecule has 0 amide bonds. The van der Waals surface area contributed by atoms with E-state index in [0.29, 0.717) is 13.1 Å². The molecule has 0 spiro atoms. The van der Waals surface area contributed by atoms with Crippen LogP contribution in [-0.4, -0.2) is 46.6 Å². The van der Waals surface area contributed by atoms with Crippen LogP contribution in [0.15, 0.2) is 18.2 Å². The van der Waals surface area contributed by atoms with E-state index in [1.54, 1.807) is 4.90 Å². The standard InChI is InChI=1S/C12H14FN3O4/c13-9-1-2-10(16(19)20)8(5-9)7-15-4-3-14-6-11(15)12(17)18/h1-2,5,11,14H,3-4,6-7H2,(H,17,18). The van der Waals surface area contributed by atoms with Crippen molar-refractivity contribution in [3.8, 4) is 0 Å². The lowest BCUT2D eigenvalue weighted by molar-refractivity contribution is -0.385. The summed E-state index contributed by atoms with van der Waals surface area (Å²) in [5.74, 6) is -1.58. The lowest BCUT2D eigenvalue weighted by Crippen LogP contribution is -2.54. The number of rotatable bonds is 4. The Morgan fingerprint density at radius 2 is 2.35 bits per heavy atom. The summed E-state index contributed by atoms with van der Waals surface area (Å²) in [6, 6.07) is 2.43. The zero-order valence-corrected chi connectivity index (χ0v) is 10.6. The van der Waals surface area contributed by atoms with Crippen molar-refractivity contribution in [2.24, 2.45) is 0 Å². The Hall–Kier alpha value is -2.06. The number of piperazine rings is 1. The molecule has 1 atom stereocenters. The van der Waals surface area contributed by atoms with Crippen LogP contribution in [0.25, 0.3) is 0 Å². The molecule has 8 heteroatoms. The molecule has 1 saturated heterocycles. The molecule has 20 heavy (non-hydrogen) atoms. The number of aliphatic carboxylic acids is 1. The maximum Gasteiger partial charge on any atom is 0.322 e. The molecule has 1 aliphatic rings. The van der Waals surface area contributed by atoms with E-state index < -0.39 is 22.8 Å². The number of nitro benzene ring substituents is 1. The van der Waals surface area contributed by atoms with Crippen molar-refractivity contribution < 1.29 is 19.2 Å². The molecule has 2 N–H and O–H groups in total. The number of nitro groups is 1. The van der Waals surface area contributed by atoms with Crippen LogP contribution in [0.1, 0.15) is 5.56 Å². The predicted molar refractivity (Wildman–Crippen MR) is 67.8 cm³/mol. The second-order valence-corrected chi connectivity index (χ2v) is 4.56. The number of carboxylic acid groups (broad SMARTS) is 1. The largest absolute Gasteiger partial charge is 0.480 e. The van der Waals surface area contributed by atoms with Crippen LogP contribution in [0.2, 0.25) is 0 Å². The van der Waals surface area contributed by atoms with Crippen molar-refractivity contribution in [3.05, 3.63) is 39.7 Å². The molecule has 1 aromatic carbocycles. The number of nitrogens with zero attached hydrogens (tertiary/aromatic N) is 2. The molecule has 0 bridgehead atoms. The normalized spacial score (nSPS) is 19.8. The van der Waals surface area contributed by atoms with Crippen LogP contribution in [0, 0.1) is 15.9 Å². The Kier molecular flexibility index (Phi) is 4.26. The molecule has 108 valence electrons. The molecule has 1 aliphatic heterocycles. The molecule has 0 saturated carbocycles. The minimum Gasteiger partial charge on any atom is -0.480 e. The summed E-state index contributed by atoms with van der Waals surface area (Å²) >= 11 is 0. The molecular formula is C12H14FN3O4. The highest BCUT2D eigenvalue weighted by atomic mass is 19.1. The summed E-state index contributed by atoms with van der Waals surface area (Å²) in [6.45, 7) is 1.32. The highest BCUT2D eigenvalue weighted by Gasteiger charge is 2.30. The van der Waals surface area contributed by atoms with Crippen LogP contribution >= 0.6 is 0 Å². The Morgan fingerprint density at radius 1 is 1.60 bits per heavy atom. The van der Waals surface area contributed by atoms with Crippen molar-refractivity contribution in [2.75, 3.05) is 19.6 Å². The summed E-state index contributed by atoms with van der Waals surface area (Å²) < 4.78 is 13.3.